The Labute approximate surface area is 118 Å². The van der Waals surface area contributed by atoms with Crippen LogP contribution in [0.3, 0.4) is 0 Å². The highest BCUT2D eigenvalue weighted by Crippen LogP contribution is 2.39. The first-order chi connectivity index (χ1) is 8.03. The summed E-state index contributed by atoms with van der Waals surface area (Å²) in [5.74, 6) is 0.226. The van der Waals surface area contributed by atoms with Gasteiger partial charge in [0.25, 0.3) is 0 Å². The largest absolute Gasteiger partial charge is 0.304 e. The molecule has 0 bridgehead atoms. The highest BCUT2D eigenvalue weighted by atomic mass is 35.5. The summed E-state index contributed by atoms with van der Waals surface area (Å²) in [6, 6.07) is 0. The van der Waals surface area contributed by atoms with Crippen molar-refractivity contribution in [3.05, 3.63) is 16.4 Å². The fourth-order valence-corrected chi connectivity index (χ4v) is 3.13. The third kappa shape index (κ3) is 2.17. The molecule has 1 aliphatic rings. The second kappa shape index (κ2) is 5.59. The molecule has 1 heterocycles. The van der Waals surface area contributed by atoms with Crippen LogP contribution in [-0.4, -0.2) is 22.6 Å². The van der Waals surface area contributed by atoms with Crippen molar-refractivity contribution < 1.29 is 4.79 Å². The molecule has 1 aromatic heterocycles. The van der Waals surface area contributed by atoms with Gasteiger partial charge in [0, 0.05) is 19.0 Å². The van der Waals surface area contributed by atoms with Crippen LogP contribution in [0.5, 0.6) is 0 Å². The molecule has 0 amide bonds. The zero-order valence-corrected chi connectivity index (χ0v) is 12.5. The van der Waals surface area contributed by atoms with E-state index in [2.05, 4.69) is 10.4 Å². The standard InChI is InChI=1S/C12H18ClN3O.ClH/c1-8-10(11(13)16(3)15-8)12(14-2)7-5-4-6-9(12)17;/h14H,4-7H2,1-3H3;1H. The Bertz CT molecular complexity index is 458. The molecular weight excluding hydrogens is 273 g/mol. The van der Waals surface area contributed by atoms with Crippen LogP contribution in [0, 0.1) is 6.92 Å². The Morgan fingerprint density at radius 1 is 1.44 bits per heavy atom. The average Bonchev–Trinajstić information content (AvgIpc) is 2.55. The summed E-state index contributed by atoms with van der Waals surface area (Å²) in [4.78, 5) is 12.3. The Hall–Kier alpha value is -0.580. The molecule has 2 rings (SSSR count). The van der Waals surface area contributed by atoms with Crippen molar-refractivity contribution in [3.8, 4) is 0 Å². The quantitative estimate of drug-likeness (QED) is 0.910. The molecule has 102 valence electrons. The zero-order valence-electron chi connectivity index (χ0n) is 10.9. The lowest BCUT2D eigenvalue weighted by atomic mass is 9.76. The molecule has 0 aromatic carbocycles. The van der Waals surface area contributed by atoms with Crippen LogP contribution in [0.2, 0.25) is 5.15 Å². The fraction of sp³-hybridized carbons (Fsp3) is 0.667. The van der Waals surface area contributed by atoms with E-state index in [0.717, 1.165) is 30.5 Å². The first kappa shape index (κ1) is 15.5. The SMILES string of the molecule is CNC1(c2c(C)nn(C)c2Cl)CCCCC1=O.Cl. The summed E-state index contributed by atoms with van der Waals surface area (Å²) in [5, 5.41) is 8.06. The van der Waals surface area contributed by atoms with Gasteiger partial charge in [0.05, 0.1) is 5.69 Å². The first-order valence-electron chi connectivity index (χ1n) is 5.94. The van der Waals surface area contributed by atoms with Crippen LogP contribution < -0.4 is 5.32 Å². The van der Waals surface area contributed by atoms with Gasteiger partial charge in [-0.3, -0.25) is 9.48 Å². The third-order valence-electron chi connectivity index (χ3n) is 3.69. The van der Waals surface area contributed by atoms with Gasteiger partial charge in [0.15, 0.2) is 5.78 Å². The van der Waals surface area contributed by atoms with Crippen LogP contribution in [0.15, 0.2) is 0 Å². The smallest absolute Gasteiger partial charge is 0.157 e. The van der Waals surface area contributed by atoms with Crippen LogP contribution in [-0.2, 0) is 17.4 Å². The van der Waals surface area contributed by atoms with Crippen LogP contribution in [0.25, 0.3) is 0 Å². The molecule has 0 aliphatic heterocycles. The van der Waals surface area contributed by atoms with Gasteiger partial charge in [-0.05, 0) is 26.8 Å². The lowest BCUT2D eigenvalue weighted by Gasteiger charge is -2.35. The number of carbonyl (C=O) groups is 1. The maximum Gasteiger partial charge on any atom is 0.157 e. The number of aryl methyl sites for hydroxylation is 2. The second-order valence-corrected chi connectivity index (χ2v) is 5.02. The number of ketones is 1. The molecule has 4 nitrogen and oxygen atoms in total. The molecule has 0 saturated heterocycles. The van der Waals surface area contributed by atoms with Gasteiger partial charge < -0.3 is 5.32 Å². The first-order valence-corrected chi connectivity index (χ1v) is 6.32. The average molecular weight is 292 g/mol. The number of halogens is 2. The van der Waals surface area contributed by atoms with Crippen molar-refractivity contribution in [1.82, 2.24) is 15.1 Å². The summed E-state index contributed by atoms with van der Waals surface area (Å²) in [7, 11) is 3.63. The normalized spacial score (nSPS) is 23.9. The Balaban J connectivity index is 0.00000162. The predicted octanol–water partition coefficient (Wildman–Crippen LogP) is 2.36. The summed E-state index contributed by atoms with van der Waals surface area (Å²) in [6.07, 6.45) is 3.43. The van der Waals surface area contributed by atoms with E-state index in [1.165, 1.54) is 0 Å². The van der Waals surface area contributed by atoms with Crippen molar-refractivity contribution in [2.75, 3.05) is 7.05 Å². The number of hydrogen-bond acceptors (Lipinski definition) is 3. The molecule has 18 heavy (non-hydrogen) atoms. The van der Waals surface area contributed by atoms with E-state index in [1.807, 2.05) is 14.0 Å². The monoisotopic (exact) mass is 291 g/mol. The highest BCUT2D eigenvalue weighted by molar-refractivity contribution is 6.31. The number of likely N-dealkylation sites (N-methyl/N-ethyl adjacent to an activating group) is 1. The van der Waals surface area contributed by atoms with Crippen molar-refractivity contribution in [3.63, 3.8) is 0 Å². The lowest BCUT2D eigenvalue weighted by Crippen LogP contribution is -2.49. The summed E-state index contributed by atoms with van der Waals surface area (Å²) >= 11 is 6.29. The summed E-state index contributed by atoms with van der Waals surface area (Å²) in [6.45, 7) is 1.90. The number of carbonyl (C=O) groups excluding carboxylic acids is 1. The molecule has 1 aromatic rings. The van der Waals surface area contributed by atoms with Crippen molar-refractivity contribution in [1.29, 1.82) is 0 Å². The van der Waals surface area contributed by atoms with Gasteiger partial charge in [-0.1, -0.05) is 18.0 Å². The second-order valence-electron chi connectivity index (χ2n) is 4.66. The van der Waals surface area contributed by atoms with Gasteiger partial charge >= 0.3 is 0 Å². The van der Waals surface area contributed by atoms with Crippen molar-refractivity contribution in [2.45, 2.75) is 38.1 Å². The van der Waals surface area contributed by atoms with Gasteiger partial charge in [0.1, 0.15) is 10.7 Å². The minimum Gasteiger partial charge on any atom is -0.304 e. The Kier molecular flexibility index (Phi) is 4.81. The van der Waals surface area contributed by atoms with E-state index < -0.39 is 5.54 Å². The van der Waals surface area contributed by atoms with E-state index in [1.54, 1.807) is 11.7 Å². The molecule has 1 saturated carbocycles. The minimum atomic E-state index is -0.631. The fourth-order valence-electron chi connectivity index (χ4n) is 2.80. The molecule has 1 N–H and O–H groups in total. The number of nitrogens with one attached hydrogen (secondary N) is 1. The maximum atomic E-state index is 12.3. The molecule has 6 heteroatoms. The zero-order chi connectivity index (χ0) is 12.6. The predicted molar refractivity (Wildman–Crippen MR) is 74.4 cm³/mol. The highest BCUT2D eigenvalue weighted by Gasteiger charge is 2.43. The number of nitrogens with zero attached hydrogens (tertiary/aromatic N) is 2. The van der Waals surface area contributed by atoms with E-state index in [4.69, 9.17) is 11.6 Å². The van der Waals surface area contributed by atoms with Gasteiger partial charge in [-0.2, -0.15) is 5.10 Å². The van der Waals surface area contributed by atoms with Crippen molar-refractivity contribution >= 4 is 29.8 Å². The summed E-state index contributed by atoms with van der Waals surface area (Å²) in [5.41, 5.74) is 1.06. The van der Waals surface area contributed by atoms with Crippen LogP contribution in [0.1, 0.15) is 36.9 Å². The van der Waals surface area contributed by atoms with Crippen molar-refractivity contribution in [2.24, 2.45) is 7.05 Å². The van der Waals surface area contributed by atoms with E-state index in [0.29, 0.717) is 11.6 Å². The molecule has 0 radical (unpaired) electrons. The van der Waals surface area contributed by atoms with E-state index in [-0.39, 0.29) is 18.2 Å². The molecular formula is C12H19Cl2N3O. The number of aromatic nitrogens is 2. The third-order valence-corrected chi connectivity index (χ3v) is 4.12. The maximum absolute atomic E-state index is 12.3. The number of rotatable bonds is 2. The lowest BCUT2D eigenvalue weighted by molar-refractivity contribution is -0.127. The molecule has 0 spiro atoms. The van der Waals surface area contributed by atoms with E-state index >= 15 is 0 Å². The summed E-state index contributed by atoms with van der Waals surface area (Å²) < 4.78 is 1.63. The Morgan fingerprint density at radius 2 is 2.11 bits per heavy atom. The molecule has 1 unspecified atom stereocenters. The minimum absolute atomic E-state index is 0. The molecule has 1 atom stereocenters. The van der Waals surface area contributed by atoms with Crippen LogP contribution >= 0.6 is 24.0 Å². The van der Waals surface area contributed by atoms with Crippen LogP contribution in [0.4, 0.5) is 0 Å². The van der Waals surface area contributed by atoms with Gasteiger partial charge in [0.2, 0.25) is 0 Å². The Morgan fingerprint density at radius 3 is 2.56 bits per heavy atom. The van der Waals surface area contributed by atoms with Gasteiger partial charge in [-0.15, -0.1) is 12.4 Å². The van der Waals surface area contributed by atoms with Gasteiger partial charge in [-0.25, -0.2) is 0 Å². The van der Waals surface area contributed by atoms with E-state index in [9.17, 15) is 4.79 Å². The number of Topliss-reactive ketones (excluding diaryl/α,β-unsaturated/α-hetero) is 1. The number of hydrogen-bond donors (Lipinski definition) is 1. The molecule has 1 aliphatic carbocycles. The molecule has 1 fully saturated rings. The topological polar surface area (TPSA) is 46.9 Å².